The molecule has 1 fully saturated rings. The number of ether oxygens (including phenoxy) is 1. The van der Waals surface area contributed by atoms with Crippen molar-refractivity contribution in [1.82, 2.24) is 19.9 Å². The average Bonchev–Trinajstić information content (AvgIpc) is 3.49. The van der Waals surface area contributed by atoms with E-state index in [1.165, 1.54) is 5.38 Å². The van der Waals surface area contributed by atoms with Gasteiger partial charge < -0.3 is 30.3 Å². The highest BCUT2D eigenvalue weighted by Crippen LogP contribution is 2.41. The normalized spacial score (nSPS) is 18.9. The number of aromatic nitrogens is 2. The number of nitrogens with two attached hydrogens (primary N) is 1. The molecule has 2 aromatic rings. The molecule has 0 radical (unpaired) electrons. The third kappa shape index (κ3) is 5.79. The number of halogens is 3. The molecule has 218 valence electrons. The fourth-order valence-electron chi connectivity index (χ4n) is 3.64. The Bertz CT molecular complexity index is 1580. The Morgan fingerprint density at radius 1 is 1.32 bits per heavy atom. The number of β-lactam (4-membered cyclic amide) rings is 1. The van der Waals surface area contributed by atoms with Gasteiger partial charge in [0.25, 0.3) is 17.4 Å². The summed E-state index contributed by atoms with van der Waals surface area (Å²) in [6.45, 7) is -0.687. The van der Waals surface area contributed by atoms with Crippen molar-refractivity contribution >= 4 is 63.7 Å². The Hall–Kier alpha value is -4.66. The van der Waals surface area contributed by atoms with Crippen LogP contribution in [0.25, 0.3) is 0 Å². The molecule has 0 bridgehead atoms. The predicted molar refractivity (Wildman–Crippen MR) is 129 cm³/mol. The third-order valence-corrected chi connectivity index (χ3v) is 7.37. The van der Waals surface area contributed by atoms with E-state index < -0.39 is 70.9 Å². The average molecular weight is 620 g/mol. The van der Waals surface area contributed by atoms with Crippen LogP contribution in [0.5, 0.6) is 0 Å². The molecule has 2 aliphatic heterocycles. The number of oxime groups is 1. The quantitative estimate of drug-likeness (QED) is 0.112. The summed E-state index contributed by atoms with van der Waals surface area (Å²) >= 11 is 1.91. The maximum absolute atomic E-state index is 13.1. The highest BCUT2D eigenvalue weighted by atomic mass is 32.2. The number of hydrogen-bond donors (Lipinski definition) is 3. The maximum atomic E-state index is 13.1. The number of esters is 2. The number of carboxylic acid groups (broad SMARTS) is 1. The standard InChI is InChI=1S/C20H15F3N6O10S2/c1-37-27-10(7-5-41-19(24)25-7)13(31)26-11-14(32)29-12(17(35)38-18(36)20(21,22)23)6(4-40-15(11)29)3-28-9(30)2-8(39-28)16(33)34/h2,5,11,15H,3-4H2,1H3,(H2,24,25)(H,26,31)(H,33,34)/b27-10-. The molecule has 2 amide bonds. The number of amides is 2. The monoisotopic (exact) mass is 620 g/mol. The first kappa shape index (κ1) is 29.3. The lowest BCUT2D eigenvalue weighted by atomic mass is 10.0. The van der Waals surface area contributed by atoms with Gasteiger partial charge in [0.05, 0.1) is 12.6 Å². The van der Waals surface area contributed by atoms with Gasteiger partial charge in [-0.3, -0.25) is 19.3 Å². The number of nitrogen functional groups attached to an aromatic ring is 1. The zero-order valence-corrected chi connectivity index (χ0v) is 21.8. The number of rotatable bonds is 8. The lowest BCUT2D eigenvalue weighted by molar-refractivity contribution is -0.201. The first-order valence-corrected chi connectivity index (χ1v) is 12.7. The van der Waals surface area contributed by atoms with E-state index >= 15 is 0 Å². The fraction of sp³-hybridized carbons (Fsp3) is 0.300. The van der Waals surface area contributed by atoms with E-state index in [-0.39, 0.29) is 27.9 Å². The van der Waals surface area contributed by atoms with Gasteiger partial charge in [-0.2, -0.15) is 17.9 Å². The molecule has 16 nitrogen and oxygen atoms in total. The molecule has 4 rings (SSSR count). The van der Waals surface area contributed by atoms with Crippen molar-refractivity contribution in [1.29, 1.82) is 0 Å². The van der Waals surface area contributed by atoms with Crippen LogP contribution in [0.1, 0.15) is 16.2 Å². The molecule has 0 saturated carbocycles. The fourth-order valence-corrected chi connectivity index (χ4v) is 5.53. The number of carbonyl (C=O) groups excluding carboxylic acids is 4. The molecule has 41 heavy (non-hydrogen) atoms. The van der Waals surface area contributed by atoms with E-state index in [1.807, 2.05) is 0 Å². The summed E-state index contributed by atoms with van der Waals surface area (Å²) in [5.41, 5.74) is 3.23. The second-order valence-electron chi connectivity index (χ2n) is 7.96. The molecule has 2 aliphatic rings. The van der Waals surface area contributed by atoms with Crippen LogP contribution in [-0.4, -0.2) is 85.6 Å². The second-order valence-corrected chi connectivity index (χ2v) is 9.96. The summed E-state index contributed by atoms with van der Waals surface area (Å²) in [6.07, 6.45) is -5.56. The Balaban J connectivity index is 1.64. The predicted octanol–water partition coefficient (Wildman–Crippen LogP) is -0.485. The first-order chi connectivity index (χ1) is 19.2. The van der Waals surface area contributed by atoms with Gasteiger partial charge in [-0.05, 0) is 5.57 Å². The molecule has 0 aliphatic carbocycles. The van der Waals surface area contributed by atoms with Gasteiger partial charge in [-0.1, -0.05) is 5.16 Å². The van der Waals surface area contributed by atoms with Gasteiger partial charge in [-0.25, -0.2) is 19.4 Å². The van der Waals surface area contributed by atoms with Gasteiger partial charge in [0.2, 0.25) is 5.76 Å². The van der Waals surface area contributed by atoms with Crippen LogP contribution < -0.4 is 16.6 Å². The maximum Gasteiger partial charge on any atom is 0.491 e. The molecule has 0 spiro atoms. The summed E-state index contributed by atoms with van der Waals surface area (Å²) in [4.78, 5) is 82.5. The van der Waals surface area contributed by atoms with Crippen molar-refractivity contribution in [2.75, 3.05) is 18.6 Å². The van der Waals surface area contributed by atoms with Crippen LogP contribution in [0.4, 0.5) is 18.3 Å². The minimum absolute atomic E-state index is 0.0218. The van der Waals surface area contributed by atoms with Crippen molar-refractivity contribution < 1.29 is 56.3 Å². The summed E-state index contributed by atoms with van der Waals surface area (Å²) in [5.74, 6) is -9.29. The van der Waals surface area contributed by atoms with Crippen LogP contribution >= 0.6 is 23.1 Å². The highest BCUT2D eigenvalue weighted by Gasteiger charge is 2.55. The number of carbonyl (C=O) groups is 5. The summed E-state index contributed by atoms with van der Waals surface area (Å²) in [7, 11) is 1.15. The number of hydrogen-bond acceptors (Lipinski definition) is 14. The Morgan fingerprint density at radius 2 is 2.02 bits per heavy atom. The molecule has 21 heteroatoms. The highest BCUT2D eigenvalue weighted by molar-refractivity contribution is 8.00. The van der Waals surface area contributed by atoms with Crippen LogP contribution in [0.3, 0.4) is 0 Å². The number of thioether (sulfide) groups is 1. The van der Waals surface area contributed by atoms with Crippen molar-refractivity contribution in [3.05, 3.63) is 44.5 Å². The zero-order chi connectivity index (χ0) is 30.2. The lowest BCUT2D eigenvalue weighted by Gasteiger charge is -2.49. The van der Waals surface area contributed by atoms with E-state index in [1.54, 1.807) is 0 Å². The molecular weight excluding hydrogens is 605 g/mol. The van der Waals surface area contributed by atoms with Crippen molar-refractivity contribution in [2.45, 2.75) is 24.1 Å². The number of alkyl halides is 3. The van der Waals surface area contributed by atoms with Gasteiger partial charge >= 0.3 is 24.1 Å². The topological polar surface area (TPSA) is 226 Å². The Morgan fingerprint density at radius 3 is 2.59 bits per heavy atom. The molecule has 1 saturated heterocycles. The van der Waals surface area contributed by atoms with E-state index in [4.69, 9.17) is 15.4 Å². The SMILES string of the molecule is CO/N=C(\C(=O)NC1C(=O)N2C(C(=O)OC(=O)C(F)(F)F)=C(Cn3oc(C(=O)O)cc3=O)CSC12)c1csc(N)n1. The van der Waals surface area contributed by atoms with Gasteiger partial charge in [0.1, 0.15) is 29.9 Å². The molecule has 4 N–H and O–H groups in total. The van der Waals surface area contributed by atoms with Crippen molar-refractivity contribution in [3.8, 4) is 0 Å². The molecule has 2 unspecified atom stereocenters. The van der Waals surface area contributed by atoms with E-state index in [2.05, 4.69) is 25.0 Å². The van der Waals surface area contributed by atoms with Gasteiger partial charge in [0.15, 0.2) is 10.8 Å². The molecule has 0 aromatic carbocycles. The number of carboxylic acids is 1. The zero-order valence-electron chi connectivity index (χ0n) is 20.2. The van der Waals surface area contributed by atoms with E-state index in [9.17, 15) is 41.9 Å². The number of anilines is 1. The summed E-state index contributed by atoms with van der Waals surface area (Å²) < 4.78 is 47.6. The molecular formula is C20H15F3N6O10S2. The second kappa shape index (κ2) is 11.1. The van der Waals surface area contributed by atoms with Crippen molar-refractivity contribution in [3.63, 3.8) is 0 Å². The lowest BCUT2D eigenvalue weighted by Crippen LogP contribution is -2.71. The summed E-state index contributed by atoms with van der Waals surface area (Å²) in [6, 6.07) is -0.722. The number of fused-ring (bicyclic) bond motifs is 1. The largest absolute Gasteiger partial charge is 0.491 e. The number of aromatic carboxylic acids is 1. The number of nitrogens with one attached hydrogen (secondary N) is 1. The van der Waals surface area contributed by atoms with Crippen LogP contribution in [0.15, 0.2) is 37.2 Å². The van der Waals surface area contributed by atoms with Crippen molar-refractivity contribution in [2.24, 2.45) is 5.16 Å². The third-order valence-electron chi connectivity index (χ3n) is 5.36. The Kier molecular flexibility index (Phi) is 7.92. The first-order valence-electron chi connectivity index (χ1n) is 10.8. The summed E-state index contributed by atoms with van der Waals surface area (Å²) in [5, 5.41) is 15.4. The Labute approximate surface area is 232 Å². The molecule has 4 heterocycles. The van der Waals surface area contributed by atoms with E-state index in [0.717, 1.165) is 30.2 Å². The molecule has 2 atom stereocenters. The number of thiazole rings is 1. The number of nitrogens with zero attached hydrogens (tertiary/aromatic N) is 4. The smallest absolute Gasteiger partial charge is 0.475 e. The molecule has 2 aromatic heterocycles. The van der Waals surface area contributed by atoms with Crippen LogP contribution in [0, 0.1) is 0 Å². The van der Waals surface area contributed by atoms with Gasteiger partial charge in [0, 0.05) is 11.1 Å². The van der Waals surface area contributed by atoms with E-state index in [0.29, 0.717) is 15.7 Å². The minimum atomic E-state index is -5.56. The van der Waals surface area contributed by atoms with Crippen LogP contribution in [0.2, 0.25) is 0 Å². The minimum Gasteiger partial charge on any atom is -0.475 e. The van der Waals surface area contributed by atoms with Crippen LogP contribution in [-0.2, 0) is 35.3 Å². The van der Waals surface area contributed by atoms with Gasteiger partial charge in [-0.15, -0.1) is 23.1 Å².